The molecule has 0 atom stereocenters. The molecule has 0 spiro atoms. The predicted molar refractivity (Wildman–Crippen MR) is 84.0 cm³/mol. The number of nitrogens with zero attached hydrogens (tertiary/aromatic N) is 1. The number of rotatable bonds is 3. The number of alkyl halides is 3. The maximum absolute atomic E-state index is 13.0. The predicted octanol–water partition coefficient (Wildman–Crippen LogP) is 4.05. The largest absolute Gasteiger partial charge is 0.417 e. The van der Waals surface area contributed by atoms with Crippen molar-refractivity contribution >= 4 is 26.7 Å². The lowest BCUT2D eigenvalue weighted by Gasteiger charge is -2.14. The molecule has 0 aliphatic heterocycles. The van der Waals surface area contributed by atoms with Gasteiger partial charge in [0.15, 0.2) is 0 Å². The number of nitrogens with one attached hydrogen (secondary N) is 1. The van der Waals surface area contributed by atoms with Gasteiger partial charge in [0.05, 0.1) is 16.0 Å². The molecule has 1 N–H and O–H groups in total. The Bertz CT molecular complexity index is 1000. The van der Waals surface area contributed by atoms with E-state index in [0.29, 0.717) is 5.52 Å². The van der Waals surface area contributed by atoms with Gasteiger partial charge in [-0.05, 0) is 30.3 Å². The van der Waals surface area contributed by atoms with E-state index in [1.54, 1.807) is 30.3 Å². The fourth-order valence-electron chi connectivity index (χ4n) is 2.25. The van der Waals surface area contributed by atoms with Gasteiger partial charge in [0.1, 0.15) is 5.82 Å². The van der Waals surface area contributed by atoms with E-state index in [-0.39, 0.29) is 5.82 Å². The van der Waals surface area contributed by atoms with Crippen molar-refractivity contribution in [1.29, 1.82) is 0 Å². The molecule has 0 radical (unpaired) electrons. The molecule has 0 saturated carbocycles. The summed E-state index contributed by atoms with van der Waals surface area (Å²) < 4.78 is 65.9. The molecule has 0 amide bonds. The number of halogens is 3. The molecule has 0 aliphatic carbocycles. The van der Waals surface area contributed by atoms with Crippen LogP contribution in [0.15, 0.2) is 65.6 Å². The van der Waals surface area contributed by atoms with E-state index in [1.165, 1.54) is 12.1 Å². The molecule has 1 aromatic heterocycles. The quantitative estimate of drug-likeness (QED) is 0.773. The number of sulfonamides is 1. The summed E-state index contributed by atoms with van der Waals surface area (Å²) in [6.45, 7) is 0. The van der Waals surface area contributed by atoms with Crippen molar-refractivity contribution in [2.24, 2.45) is 0 Å². The van der Waals surface area contributed by atoms with E-state index in [9.17, 15) is 21.6 Å². The first-order chi connectivity index (χ1) is 11.3. The summed E-state index contributed by atoms with van der Waals surface area (Å²) >= 11 is 0. The fraction of sp³-hybridized carbons (Fsp3) is 0.0625. The third kappa shape index (κ3) is 3.18. The van der Waals surface area contributed by atoms with E-state index in [2.05, 4.69) is 9.71 Å². The van der Waals surface area contributed by atoms with Gasteiger partial charge in [0, 0.05) is 5.39 Å². The Morgan fingerprint density at radius 3 is 2.29 bits per heavy atom. The second-order valence-corrected chi connectivity index (χ2v) is 6.64. The molecular weight excluding hydrogens is 341 g/mol. The highest BCUT2D eigenvalue weighted by Gasteiger charge is 2.36. The second-order valence-electron chi connectivity index (χ2n) is 4.99. The van der Waals surface area contributed by atoms with Crippen molar-refractivity contribution in [3.05, 3.63) is 66.2 Å². The standard InChI is InChI=1S/C16H11F3N2O2S/c17-16(18,19)12-6-2-4-8-14(12)24(22,23)21-15-10-9-11-5-1-3-7-13(11)20-15/h1-10H,(H,20,21). The number of benzene rings is 2. The highest BCUT2D eigenvalue weighted by Crippen LogP contribution is 2.34. The minimum Gasteiger partial charge on any atom is -0.263 e. The van der Waals surface area contributed by atoms with Crippen molar-refractivity contribution in [2.45, 2.75) is 11.1 Å². The number of pyridine rings is 1. The summed E-state index contributed by atoms with van der Waals surface area (Å²) in [7, 11) is -4.43. The molecular formula is C16H11F3N2O2S. The average Bonchev–Trinajstić information content (AvgIpc) is 2.53. The summed E-state index contributed by atoms with van der Waals surface area (Å²) in [6, 6.07) is 14.0. The first-order valence-corrected chi connectivity index (χ1v) is 8.30. The molecule has 3 rings (SSSR count). The first kappa shape index (κ1) is 16.3. The van der Waals surface area contributed by atoms with Crippen LogP contribution in [0.2, 0.25) is 0 Å². The van der Waals surface area contributed by atoms with Gasteiger partial charge in [0.2, 0.25) is 0 Å². The van der Waals surface area contributed by atoms with Crippen molar-refractivity contribution in [3.8, 4) is 0 Å². The van der Waals surface area contributed by atoms with Crippen LogP contribution in [-0.2, 0) is 16.2 Å². The van der Waals surface area contributed by atoms with Crippen LogP contribution < -0.4 is 4.72 Å². The third-order valence-electron chi connectivity index (χ3n) is 3.32. The molecule has 2 aromatic carbocycles. The number of anilines is 1. The lowest BCUT2D eigenvalue weighted by Crippen LogP contribution is -2.19. The molecule has 124 valence electrons. The SMILES string of the molecule is O=S(=O)(Nc1ccc2ccccc2n1)c1ccccc1C(F)(F)F. The molecule has 3 aromatic rings. The van der Waals surface area contributed by atoms with Crippen LogP contribution in [0.3, 0.4) is 0 Å². The van der Waals surface area contributed by atoms with E-state index in [0.717, 1.165) is 23.6 Å². The van der Waals surface area contributed by atoms with Gasteiger partial charge in [-0.1, -0.05) is 30.3 Å². The van der Waals surface area contributed by atoms with Crippen LogP contribution in [0.4, 0.5) is 19.0 Å². The Hall–Kier alpha value is -2.61. The maximum Gasteiger partial charge on any atom is 0.417 e. The Morgan fingerprint density at radius 2 is 1.54 bits per heavy atom. The molecule has 0 bridgehead atoms. The van der Waals surface area contributed by atoms with Crippen LogP contribution in [0.1, 0.15) is 5.56 Å². The molecule has 1 heterocycles. The summed E-state index contributed by atoms with van der Waals surface area (Å²) in [5.41, 5.74) is -0.694. The molecule has 0 saturated heterocycles. The molecule has 0 aliphatic rings. The third-order valence-corrected chi connectivity index (χ3v) is 4.73. The van der Waals surface area contributed by atoms with E-state index in [4.69, 9.17) is 0 Å². The van der Waals surface area contributed by atoms with E-state index < -0.39 is 26.7 Å². The lowest BCUT2D eigenvalue weighted by molar-refractivity contribution is -0.139. The molecule has 0 unspecified atom stereocenters. The van der Waals surface area contributed by atoms with Crippen LogP contribution in [0, 0.1) is 0 Å². The normalized spacial score (nSPS) is 12.3. The highest BCUT2D eigenvalue weighted by atomic mass is 32.2. The molecule has 8 heteroatoms. The van der Waals surface area contributed by atoms with E-state index in [1.807, 2.05) is 0 Å². The van der Waals surface area contributed by atoms with Crippen LogP contribution in [-0.4, -0.2) is 13.4 Å². The van der Waals surface area contributed by atoms with Gasteiger partial charge >= 0.3 is 6.18 Å². The first-order valence-electron chi connectivity index (χ1n) is 6.82. The zero-order valence-electron chi connectivity index (χ0n) is 12.1. The fourth-order valence-corrected chi connectivity index (χ4v) is 3.48. The summed E-state index contributed by atoms with van der Waals surface area (Å²) in [4.78, 5) is 3.27. The van der Waals surface area contributed by atoms with Crippen molar-refractivity contribution < 1.29 is 21.6 Å². The van der Waals surface area contributed by atoms with Crippen molar-refractivity contribution in [3.63, 3.8) is 0 Å². The van der Waals surface area contributed by atoms with Gasteiger partial charge in [0.25, 0.3) is 10.0 Å². The average molecular weight is 352 g/mol. The van der Waals surface area contributed by atoms with Crippen LogP contribution in [0.5, 0.6) is 0 Å². The van der Waals surface area contributed by atoms with Crippen LogP contribution in [0.25, 0.3) is 10.9 Å². The number of aromatic nitrogens is 1. The summed E-state index contributed by atoms with van der Waals surface area (Å²) in [5.74, 6) is -0.0503. The zero-order chi connectivity index (χ0) is 17.4. The van der Waals surface area contributed by atoms with Gasteiger partial charge in [-0.2, -0.15) is 13.2 Å². The monoisotopic (exact) mass is 352 g/mol. The Morgan fingerprint density at radius 1 is 0.875 bits per heavy atom. The number of fused-ring (bicyclic) bond motifs is 1. The number of hydrogen-bond acceptors (Lipinski definition) is 3. The number of para-hydroxylation sites is 1. The number of hydrogen-bond donors (Lipinski definition) is 1. The lowest BCUT2D eigenvalue weighted by atomic mass is 10.2. The zero-order valence-corrected chi connectivity index (χ0v) is 12.9. The van der Waals surface area contributed by atoms with Gasteiger partial charge in [-0.15, -0.1) is 0 Å². The highest BCUT2D eigenvalue weighted by molar-refractivity contribution is 7.92. The minimum absolute atomic E-state index is 0.0503. The second kappa shape index (κ2) is 5.79. The van der Waals surface area contributed by atoms with E-state index >= 15 is 0 Å². The molecule has 0 fully saturated rings. The van der Waals surface area contributed by atoms with Crippen molar-refractivity contribution in [1.82, 2.24) is 4.98 Å². The minimum atomic E-state index is -4.78. The Labute approximate surface area is 136 Å². The molecule has 4 nitrogen and oxygen atoms in total. The topological polar surface area (TPSA) is 59.1 Å². The maximum atomic E-state index is 13.0. The van der Waals surface area contributed by atoms with Crippen LogP contribution >= 0.6 is 0 Å². The van der Waals surface area contributed by atoms with Crippen molar-refractivity contribution in [2.75, 3.05) is 4.72 Å². The van der Waals surface area contributed by atoms with Gasteiger partial charge < -0.3 is 0 Å². The molecule has 24 heavy (non-hydrogen) atoms. The summed E-state index contributed by atoms with van der Waals surface area (Å²) in [5, 5.41) is 0.788. The Balaban J connectivity index is 2.02. The van der Waals surface area contributed by atoms with Gasteiger partial charge in [-0.25, -0.2) is 13.4 Å². The van der Waals surface area contributed by atoms with Gasteiger partial charge in [-0.3, -0.25) is 4.72 Å². The summed E-state index contributed by atoms with van der Waals surface area (Å²) in [6.07, 6.45) is -4.78. The smallest absolute Gasteiger partial charge is 0.263 e. The Kier molecular flexibility index (Phi) is 3.92.